The number of amides is 2. The lowest BCUT2D eigenvalue weighted by molar-refractivity contribution is -0.137. The predicted molar refractivity (Wildman–Crippen MR) is 78.2 cm³/mol. The normalized spacial score (nSPS) is 18.1. The van der Waals surface area contributed by atoms with Crippen molar-refractivity contribution in [2.24, 2.45) is 5.92 Å². The van der Waals surface area contributed by atoms with E-state index in [-0.39, 0.29) is 24.8 Å². The van der Waals surface area contributed by atoms with Crippen LogP contribution in [0.2, 0.25) is 0 Å². The van der Waals surface area contributed by atoms with E-state index >= 15 is 0 Å². The van der Waals surface area contributed by atoms with Crippen LogP contribution < -0.4 is 5.32 Å². The molecule has 1 heterocycles. The summed E-state index contributed by atoms with van der Waals surface area (Å²) in [5, 5.41) is 2.66. The lowest BCUT2D eigenvalue weighted by Gasteiger charge is -2.14. The highest BCUT2D eigenvalue weighted by Crippen LogP contribution is 2.29. The van der Waals surface area contributed by atoms with Gasteiger partial charge >= 0.3 is 6.18 Å². The van der Waals surface area contributed by atoms with Crippen molar-refractivity contribution in [2.75, 3.05) is 13.1 Å². The van der Waals surface area contributed by atoms with E-state index in [1.807, 2.05) is 0 Å². The van der Waals surface area contributed by atoms with Crippen LogP contribution in [-0.2, 0) is 22.3 Å². The molecule has 124 valence electrons. The van der Waals surface area contributed by atoms with Crippen LogP contribution in [0.5, 0.6) is 0 Å². The fourth-order valence-electron chi connectivity index (χ4n) is 2.43. The van der Waals surface area contributed by atoms with Crippen LogP contribution >= 0.6 is 0 Å². The van der Waals surface area contributed by atoms with Crippen LogP contribution in [0.1, 0.15) is 17.5 Å². The Kier molecular flexibility index (Phi) is 5.08. The first-order chi connectivity index (χ1) is 10.8. The number of carbonyl (C=O) groups is 2. The second-order valence-corrected chi connectivity index (χ2v) is 5.40. The monoisotopic (exact) mass is 326 g/mol. The first kappa shape index (κ1) is 17.1. The van der Waals surface area contributed by atoms with Crippen molar-refractivity contribution in [3.8, 4) is 0 Å². The molecular weight excluding hydrogens is 309 g/mol. The molecule has 1 N–H and O–H groups in total. The van der Waals surface area contributed by atoms with Gasteiger partial charge in [-0.1, -0.05) is 18.2 Å². The van der Waals surface area contributed by atoms with Crippen molar-refractivity contribution in [3.05, 3.63) is 48.0 Å². The smallest absolute Gasteiger partial charge is 0.352 e. The number of carbonyl (C=O) groups excluding carboxylic acids is 2. The van der Waals surface area contributed by atoms with Crippen LogP contribution in [0.4, 0.5) is 13.2 Å². The molecule has 0 aliphatic carbocycles. The summed E-state index contributed by atoms with van der Waals surface area (Å²) >= 11 is 0. The largest absolute Gasteiger partial charge is 0.416 e. The lowest BCUT2D eigenvalue weighted by atomic mass is 10.1. The van der Waals surface area contributed by atoms with Gasteiger partial charge < -0.3 is 10.2 Å². The molecule has 0 saturated carbocycles. The Bertz CT molecular complexity index is 596. The molecule has 1 aliphatic rings. The summed E-state index contributed by atoms with van der Waals surface area (Å²) < 4.78 is 37.4. The second-order valence-electron chi connectivity index (χ2n) is 5.40. The van der Waals surface area contributed by atoms with Gasteiger partial charge in [-0.05, 0) is 17.7 Å². The number of nitrogens with one attached hydrogen (secondary N) is 1. The first-order valence-corrected chi connectivity index (χ1v) is 7.13. The first-order valence-electron chi connectivity index (χ1n) is 7.13. The average Bonchev–Trinajstić information content (AvgIpc) is 2.86. The Labute approximate surface area is 132 Å². The highest BCUT2D eigenvalue weighted by atomic mass is 19.4. The number of hydrogen-bond donors (Lipinski definition) is 1. The zero-order valence-electron chi connectivity index (χ0n) is 12.4. The van der Waals surface area contributed by atoms with E-state index in [1.54, 1.807) is 11.0 Å². The number of likely N-dealkylation sites (tertiary alicyclic amines) is 1. The molecule has 2 rings (SSSR count). The molecule has 4 nitrogen and oxygen atoms in total. The van der Waals surface area contributed by atoms with E-state index in [9.17, 15) is 22.8 Å². The van der Waals surface area contributed by atoms with Crippen molar-refractivity contribution in [1.82, 2.24) is 10.2 Å². The number of rotatable bonds is 5. The summed E-state index contributed by atoms with van der Waals surface area (Å²) in [7, 11) is 0. The minimum Gasteiger partial charge on any atom is -0.352 e. The summed E-state index contributed by atoms with van der Waals surface area (Å²) in [6.07, 6.45) is -2.63. The van der Waals surface area contributed by atoms with Crippen molar-refractivity contribution in [1.29, 1.82) is 0 Å². The van der Waals surface area contributed by atoms with Gasteiger partial charge in [0.15, 0.2) is 0 Å². The zero-order chi connectivity index (χ0) is 17.0. The molecular formula is C16H17F3N2O2. The molecule has 1 aliphatic heterocycles. The van der Waals surface area contributed by atoms with Gasteiger partial charge in [-0.25, -0.2) is 0 Å². The quantitative estimate of drug-likeness (QED) is 0.845. The fourth-order valence-corrected chi connectivity index (χ4v) is 2.43. The summed E-state index contributed by atoms with van der Waals surface area (Å²) in [5.74, 6) is -0.804. The number of halogens is 3. The van der Waals surface area contributed by atoms with Gasteiger partial charge in [0.05, 0.1) is 11.5 Å². The molecule has 0 aromatic heterocycles. The highest BCUT2D eigenvalue weighted by Gasteiger charge is 2.33. The topological polar surface area (TPSA) is 49.4 Å². The maximum Gasteiger partial charge on any atom is 0.416 e. The molecule has 0 radical (unpaired) electrons. The summed E-state index contributed by atoms with van der Waals surface area (Å²) in [5.41, 5.74) is -0.160. The predicted octanol–water partition coefficient (Wildman–Crippen LogP) is 2.36. The van der Waals surface area contributed by atoms with Gasteiger partial charge in [-0.15, -0.1) is 6.58 Å². The van der Waals surface area contributed by atoms with E-state index in [2.05, 4.69) is 11.9 Å². The Morgan fingerprint density at radius 3 is 2.57 bits per heavy atom. The molecule has 23 heavy (non-hydrogen) atoms. The van der Waals surface area contributed by atoms with E-state index in [4.69, 9.17) is 0 Å². The van der Waals surface area contributed by atoms with E-state index < -0.39 is 17.7 Å². The molecule has 0 spiro atoms. The fraction of sp³-hybridized carbons (Fsp3) is 0.375. The molecule has 0 bridgehead atoms. The van der Waals surface area contributed by atoms with E-state index in [0.717, 1.165) is 12.1 Å². The van der Waals surface area contributed by atoms with Crippen LogP contribution in [0, 0.1) is 5.92 Å². The maximum atomic E-state index is 12.5. The minimum atomic E-state index is -4.37. The van der Waals surface area contributed by atoms with Gasteiger partial charge in [-0.2, -0.15) is 13.2 Å². The molecule has 1 saturated heterocycles. The zero-order valence-corrected chi connectivity index (χ0v) is 12.4. The van der Waals surface area contributed by atoms with Crippen molar-refractivity contribution < 1.29 is 22.8 Å². The maximum absolute atomic E-state index is 12.5. The third-order valence-electron chi connectivity index (χ3n) is 3.68. The second kappa shape index (κ2) is 6.85. The number of benzene rings is 1. The third-order valence-corrected chi connectivity index (χ3v) is 3.68. The van der Waals surface area contributed by atoms with Crippen LogP contribution in [-0.4, -0.2) is 29.8 Å². The molecule has 1 aromatic rings. The van der Waals surface area contributed by atoms with Crippen molar-refractivity contribution in [2.45, 2.75) is 19.1 Å². The summed E-state index contributed by atoms with van der Waals surface area (Å²) in [6, 6.07) is 4.61. The number of hydrogen-bond acceptors (Lipinski definition) is 2. The highest BCUT2D eigenvalue weighted by molar-refractivity contribution is 5.89. The van der Waals surface area contributed by atoms with Crippen molar-refractivity contribution >= 4 is 11.8 Å². The van der Waals surface area contributed by atoms with Crippen molar-refractivity contribution in [3.63, 3.8) is 0 Å². The SMILES string of the molecule is C=CCN1CC(C(=O)NCc2ccc(C(F)(F)F)cc2)CC1=O. The van der Waals surface area contributed by atoms with Gasteiger partial charge in [-0.3, -0.25) is 9.59 Å². The molecule has 1 aromatic carbocycles. The van der Waals surface area contributed by atoms with Gasteiger partial charge in [0, 0.05) is 26.1 Å². The Hall–Kier alpha value is -2.31. The molecule has 1 atom stereocenters. The minimum absolute atomic E-state index is 0.0976. The van der Waals surface area contributed by atoms with Crippen LogP contribution in [0.15, 0.2) is 36.9 Å². The van der Waals surface area contributed by atoms with E-state index in [0.29, 0.717) is 18.7 Å². The van der Waals surface area contributed by atoms with Gasteiger partial charge in [0.2, 0.25) is 11.8 Å². The summed E-state index contributed by atoms with van der Waals surface area (Å²) in [6.45, 7) is 4.42. The summed E-state index contributed by atoms with van der Waals surface area (Å²) in [4.78, 5) is 25.3. The lowest BCUT2D eigenvalue weighted by Crippen LogP contribution is -2.32. The van der Waals surface area contributed by atoms with Crippen LogP contribution in [0.3, 0.4) is 0 Å². The molecule has 7 heteroatoms. The van der Waals surface area contributed by atoms with Crippen LogP contribution in [0.25, 0.3) is 0 Å². The standard InChI is InChI=1S/C16H17F3N2O2/c1-2-7-21-10-12(8-14(21)22)15(23)20-9-11-3-5-13(6-4-11)16(17,18)19/h2-6,12H,1,7-10H2,(H,20,23). The molecule has 1 fully saturated rings. The van der Waals surface area contributed by atoms with E-state index in [1.165, 1.54) is 12.1 Å². The third kappa shape index (κ3) is 4.34. The Morgan fingerprint density at radius 2 is 2.00 bits per heavy atom. The van der Waals surface area contributed by atoms with Gasteiger partial charge in [0.25, 0.3) is 0 Å². The number of alkyl halides is 3. The van der Waals surface area contributed by atoms with Gasteiger partial charge in [0.1, 0.15) is 0 Å². The Morgan fingerprint density at radius 1 is 1.35 bits per heavy atom. The average molecular weight is 326 g/mol. The molecule has 1 unspecified atom stereocenters. The molecule has 2 amide bonds. The number of nitrogens with zero attached hydrogens (tertiary/aromatic N) is 1. The Balaban J connectivity index is 1.87.